The van der Waals surface area contributed by atoms with Crippen LogP contribution in [0.2, 0.25) is 5.15 Å². The van der Waals surface area contributed by atoms with E-state index in [2.05, 4.69) is 15.3 Å². The van der Waals surface area contributed by atoms with Gasteiger partial charge in [0.2, 0.25) is 0 Å². The summed E-state index contributed by atoms with van der Waals surface area (Å²) >= 11 is 5.68. The predicted molar refractivity (Wildman–Crippen MR) is 49.7 cm³/mol. The van der Waals surface area contributed by atoms with Crippen molar-refractivity contribution >= 4 is 17.4 Å². The molecule has 0 atom stereocenters. The Morgan fingerprint density at radius 2 is 2.23 bits per heavy atom. The molecule has 0 spiro atoms. The molecule has 1 heterocycles. The maximum Gasteiger partial charge on any atom is 0.134 e. The van der Waals surface area contributed by atoms with E-state index in [1.54, 1.807) is 6.07 Å². The number of rotatable bonds is 2. The normalized spacial score (nSPS) is 26.6. The van der Waals surface area contributed by atoms with Gasteiger partial charge in [-0.1, -0.05) is 11.6 Å². The molecule has 2 N–H and O–H groups in total. The van der Waals surface area contributed by atoms with Gasteiger partial charge in [-0.15, -0.1) is 0 Å². The molecule has 0 aromatic carbocycles. The molecule has 5 heteroatoms. The van der Waals surface area contributed by atoms with E-state index >= 15 is 0 Å². The summed E-state index contributed by atoms with van der Waals surface area (Å²) in [5.41, 5.74) is 0. The summed E-state index contributed by atoms with van der Waals surface area (Å²) in [6, 6.07) is 1.99. The Morgan fingerprint density at radius 1 is 1.46 bits per heavy atom. The van der Waals surface area contributed by atoms with Crippen molar-refractivity contribution in [3.63, 3.8) is 0 Å². The minimum atomic E-state index is -0.158. The van der Waals surface area contributed by atoms with E-state index in [0.717, 1.165) is 18.7 Å². The van der Waals surface area contributed by atoms with Crippen molar-refractivity contribution < 1.29 is 5.11 Å². The highest BCUT2D eigenvalue weighted by Crippen LogP contribution is 2.23. The van der Waals surface area contributed by atoms with Gasteiger partial charge in [0.1, 0.15) is 17.3 Å². The summed E-state index contributed by atoms with van der Waals surface area (Å²) in [4.78, 5) is 7.77. The minimum absolute atomic E-state index is 0.158. The fourth-order valence-corrected chi connectivity index (χ4v) is 1.47. The van der Waals surface area contributed by atoms with Gasteiger partial charge in [-0.05, 0) is 12.8 Å². The lowest BCUT2D eigenvalue weighted by molar-refractivity contribution is 0.0835. The topological polar surface area (TPSA) is 58.0 Å². The number of nitrogens with one attached hydrogen (secondary N) is 1. The number of halogens is 1. The van der Waals surface area contributed by atoms with Crippen molar-refractivity contribution in [2.45, 2.75) is 25.0 Å². The highest BCUT2D eigenvalue weighted by Gasteiger charge is 2.27. The predicted octanol–water partition coefficient (Wildman–Crippen LogP) is 1.07. The van der Waals surface area contributed by atoms with Crippen molar-refractivity contribution in [1.29, 1.82) is 0 Å². The average molecular weight is 200 g/mol. The molecule has 1 saturated carbocycles. The van der Waals surface area contributed by atoms with Gasteiger partial charge < -0.3 is 10.4 Å². The fraction of sp³-hybridized carbons (Fsp3) is 0.500. The van der Waals surface area contributed by atoms with E-state index in [4.69, 9.17) is 16.7 Å². The molecule has 0 amide bonds. The van der Waals surface area contributed by atoms with Gasteiger partial charge in [0.15, 0.2) is 0 Å². The Kier molecular flexibility index (Phi) is 2.33. The Hall–Kier alpha value is -0.870. The largest absolute Gasteiger partial charge is 0.393 e. The van der Waals surface area contributed by atoms with Crippen molar-refractivity contribution in [3.05, 3.63) is 17.5 Å². The van der Waals surface area contributed by atoms with E-state index in [0.29, 0.717) is 11.2 Å². The van der Waals surface area contributed by atoms with Crippen molar-refractivity contribution in [2.24, 2.45) is 0 Å². The van der Waals surface area contributed by atoms with Crippen LogP contribution in [0.15, 0.2) is 12.4 Å². The molecule has 13 heavy (non-hydrogen) atoms. The van der Waals surface area contributed by atoms with Crippen LogP contribution in [0.4, 0.5) is 5.82 Å². The zero-order valence-electron chi connectivity index (χ0n) is 6.94. The van der Waals surface area contributed by atoms with Crippen LogP contribution in [-0.2, 0) is 0 Å². The van der Waals surface area contributed by atoms with E-state index in [9.17, 15) is 0 Å². The second-order valence-electron chi connectivity index (χ2n) is 3.19. The molecule has 0 unspecified atom stereocenters. The van der Waals surface area contributed by atoms with E-state index in [1.165, 1.54) is 6.33 Å². The van der Waals surface area contributed by atoms with Crippen molar-refractivity contribution in [2.75, 3.05) is 5.32 Å². The second-order valence-corrected chi connectivity index (χ2v) is 3.58. The number of nitrogens with zero attached hydrogens (tertiary/aromatic N) is 2. The first kappa shape index (κ1) is 8.72. The third-order valence-corrected chi connectivity index (χ3v) is 2.31. The van der Waals surface area contributed by atoms with Crippen LogP contribution in [0.25, 0.3) is 0 Å². The monoisotopic (exact) mass is 199 g/mol. The van der Waals surface area contributed by atoms with E-state index in [-0.39, 0.29) is 6.10 Å². The van der Waals surface area contributed by atoms with Gasteiger partial charge in [0.25, 0.3) is 0 Å². The lowest BCUT2D eigenvalue weighted by atomic mass is 9.89. The van der Waals surface area contributed by atoms with Crippen LogP contribution in [-0.4, -0.2) is 27.2 Å². The fourth-order valence-electron chi connectivity index (χ4n) is 1.33. The Labute approximate surface area is 81.0 Å². The summed E-state index contributed by atoms with van der Waals surface area (Å²) in [6.07, 6.45) is 2.82. The standard InChI is InChI=1S/C8H10ClN3O/c9-7-3-8(11-4-10-7)12-5-1-6(13)2-5/h3-6,13H,1-2H2,(H,10,11,12)/t5-,6+. The molecule has 2 rings (SSSR count). The molecule has 1 aromatic heterocycles. The lowest BCUT2D eigenvalue weighted by Crippen LogP contribution is -2.39. The molecule has 0 aliphatic heterocycles. The third kappa shape index (κ3) is 2.08. The molecule has 1 fully saturated rings. The van der Waals surface area contributed by atoms with Gasteiger partial charge in [0, 0.05) is 12.1 Å². The third-order valence-electron chi connectivity index (χ3n) is 2.10. The molecule has 70 valence electrons. The summed E-state index contributed by atoms with van der Waals surface area (Å²) in [6.45, 7) is 0. The van der Waals surface area contributed by atoms with Crippen LogP contribution >= 0.6 is 11.6 Å². The molecule has 1 aliphatic carbocycles. The quantitative estimate of drug-likeness (QED) is 0.700. The van der Waals surface area contributed by atoms with Gasteiger partial charge in [0.05, 0.1) is 6.10 Å². The van der Waals surface area contributed by atoms with Crippen LogP contribution in [0.3, 0.4) is 0 Å². The molecule has 0 bridgehead atoms. The molecule has 1 aliphatic rings. The van der Waals surface area contributed by atoms with Gasteiger partial charge in [-0.2, -0.15) is 0 Å². The molecule has 1 aromatic rings. The van der Waals surface area contributed by atoms with Crippen LogP contribution in [0, 0.1) is 0 Å². The zero-order chi connectivity index (χ0) is 9.26. The summed E-state index contributed by atoms with van der Waals surface area (Å²) in [5.74, 6) is 0.719. The van der Waals surface area contributed by atoms with E-state index < -0.39 is 0 Å². The number of aliphatic hydroxyl groups excluding tert-OH is 1. The zero-order valence-corrected chi connectivity index (χ0v) is 7.70. The summed E-state index contributed by atoms with van der Waals surface area (Å²) in [7, 11) is 0. The summed E-state index contributed by atoms with van der Waals surface area (Å²) in [5, 5.41) is 12.6. The number of hydrogen-bond donors (Lipinski definition) is 2. The first-order valence-electron chi connectivity index (χ1n) is 4.16. The van der Waals surface area contributed by atoms with Gasteiger partial charge >= 0.3 is 0 Å². The Bertz CT molecular complexity index is 301. The SMILES string of the molecule is O[C@H]1C[C@@H](Nc2cc(Cl)ncn2)C1. The highest BCUT2D eigenvalue weighted by molar-refractivity contribution is 6.29. The lowest BCUT2D eigenvalue weighted by Gasteiger charge is -2.32. The molecular weight excluding hydrogens is 190 g/mol. The van der Waals surface area contributed by atoms with E-state index in [1.807, 2.05) is 0 Å². The first-order valence-corrected chi connectivity index (χ1v) is 4.54. The highest BCUT2D eigenvalue weighted by atomic mass is 35.5. The summed E-state index contributed by atoms with van der Waals surface area (Å²) < 4.78 is 0. The molecule has 0 saturated heterocycles. The average Bonchev–Trinajstić information content (AvgIpc) is 2.01. The molecule has 4 nitrogen and oxygen atoms in total. The Morgan fingerprint density at radius 3 is 2.85 bits per heavy atom. The van der Waals surface area contributed by atoms with Crippen molar-refractivity contribution in [1.82, 2.24) is 9.97 Å². The Balaban J connectivity index is 1.94. The van der Waals surface area contributed by atoms with Gasteiger partial charge in [-0.25, -0.2) is 9.97 Å². The number of hydrogen-bond acceptors (Lipinski definition) is 4. The minimum Gasteiger partial charge on any atom is -0.393 e. The van der Waals surface area contributed by atoms with Crippen LogP contribution in [0.1, 0.15) is 12.8 Å². The van der Waals surface area contributed by atoms with Crippen LogP contribution < -0.4 is 5.32 Å². The maximum absolute atomic E-state index is 9.05. The van der Waals surface area contributed by atoms with Crippen LogP contribution in [0.5, 0.6) is 0 Å². The molecule has 0 radical (unpaired) electrons. The van der Waals surface area contributed by atoms with Gasteiger partial charge in [-0.3, -0.25) is 0 Å². The first-order chi connectivity index (χ1) is 6.24. The second kappa shape index (κ2) is 3.47. The smallest absolute Gasteiger partial charge is 0.134 e. The molecular formula is C8H10ClN3O. The maximum atomic E-state index is 9.05. The van der Waals surface area contributed by atoms with Crippen molar-refractivity contribution in [3.8, 4) is 0 Å². The number of anilines is 1. The number of aromatic nitrogens is 2. The number of aliphatic hydroxyl groups is 1.